The predicted octanol–water partition coefficient (Wildman–Crippen LogP) is 5.15. The first-order valence-electron chi connectivity index (χ1n) is 11.0. The fourth-order valence-corrected chi connectivity index (χ4v) is 4.43. The van der Waals surface area contributed by atoms with Gasteiger partial charge in [-0.05, 0) is 59.5 Å². The minimum atomic E-state index is -0.351. The van der Waals surface area contributed by atoms with Gasteiger partial charge in [0.05, 0.1) is 12.1 Å². The number of halogens is 1. The highest BCUT2D eigenvalue weighted by molar-refractivity contribution is 6.32. The topological polar surface area (TPSA) is 81.0 Å². The molecule has 7 nitrogen and oxygen atoms in total. The maximum Gasteiger partial charge on any atom is 0.268 e. The summed E-state index contributed by atoms with van der Waals surface area (Å²) in [6.07, 6.45) is 2.27. The van der Waals surface area contributed by atoms with Crippen LogP contribution < -0.4 is 23.8 Å². The minimum absolute atomic E-state index is 0.00820. The molecular formula is C27H21ClN2O5. The van der Waals surface area contributed by atoms with Crippen molar-refractivity contribution in [3.05, 3.63) is 81.9 Å². The number of amides is 1. The monoisotopic (exact) mass is 488 g/mol. The van der Waals surface area contributed by atoms with Gasteiger partial charge in [0.1, 0.15) is 18.2 Å². The Morgan fingerprint density at radius 1 is 1.17 bits per heavy atom. The number of benzene rings is 3. The number of nitriles is 1. The highest BCUT2D eigenvalue weighted by atomic mass is 35.5. The summed E-state index contributed by atoms with van der Waals surface area (Å²) in [6.45, 7) is 0.970. The van der Waals surface area contributed by atoms with E-state index >= 15 is 0 Å². The SMILES string of the molecule is COc1cc(/C=C(\C#N)C(=O)N2CCc3ccccc32)cc(Cl)c1OCc1ccc2c(c1)OCO2. The van der Waals surface area contributed by atoms with Crippen LogP contribution in [0.15, 0.2) is 60.2 Å². The molecule has 176 valence electrons. The molecule has 2 heterocycles. The molecule has 0 radical (unpaired) electrons. The van der Waals surface area contributed by atoms with Crippen molar-refractivity contribution in [2.75, 3.05) is 25.3 Å². The van der Waals surface area contributed by atoms with E-state index in [1.807, 2.05) is 48.5 Å². The molecule has 0 saturated heterocycles. The molecule has 2 aliphatic heterocycles. The van der Waals surface area contributed by atoms with Crippen molar-refractivity contribution in [3.8, 4) is 29.1 Å². The molecular weight excluding hydrogens is 468 g/mol. The summed E-state index contributed by atoms with van der Waals surface area (Å²) in [7, 11) is 1.50. The van der Waals surface area contributed by atoms with Crippen LogP contribution in [0.5, 0.6) is 23.0 Å². The molecule has 1 amide bonds. The Morgan fingerprint density at radius 2 is 2.00 bits per heavy atom. The number of anilines is 1. The van der Waals surface area contributed by atoms with Crippen LogP contribution in [0.4, 0.5) is 5.69 Å². The molecule has 0 saturated carbocycles. The molecule has 35 heavy (non-hydrogen) atoms. The molecule has 8 heteroatoms. The quantitative estimate of drug-likeness (QED) is 0.352. The van der Waals surface area contributed by atoms with Crippen molar-refractivity contribution >= 4 is 29.3 Å². The normalized spacial score (nSPS) is 13.9. The lowest BCUT2D eigenvalue weighted by molar-refractivity contribution is -0.114. The number of fused-ring (bicyclic) bond motifs is 2. The standard InChI is InChI=1S/C27H21ClN2O5/c1-32-25-13-18(10-20(14-29)27(31)30-9-8-19-4-2-3-5-22(19)30)11-21(28)26(25)33-15-17-6-7-23-24(12-17)35-16-34-23/h2-7,10-13H,8-9,15-16H2,1H3/b20-10+. The lowest BCUT2D eigenvalue weighted by atomic mass is 10.1. The molecule has 3 aromatic carbocycles. The highest BCUT2D eigenvalue weighted by Gasteiger charge is 2.27. The summed E-state index contributed by atoms with van der Waals surface area (Å²) < 4.78 is 22.2. The van der Waals surface area contributed by atoms with E-state index in [4.69, 9.17) is 30.5 Å². The van der Waals surface area contributed by atoms with Crippen LogP contribution in [0, 0.1) is 11.3 Å². The molecule has 0 unspecified atom stereocenters. The van der Waals surface area contributed by atoms with E-state index in [0.29, 0.717) is 40.1 Å². The second-order valence-electron chi connectivity index (χ2n) is 8.02. The Labute approximate surface area is 207 Å². The molecule has 2 aliphatic rings. The fourth-order valence-electron chi connectivity index (χ4n) is 4.15. The number of hydrogen-bond donors (Lipinski definition) is 0. The first-order valence-corrected chi connectivity index (χ1v) is 11.4. The lowest BCUT2D eigenvalue weighted by Crippen LogP contribution is -2.29. The van der Waals surface area contributed by atoms with Crippen molar-refractivity contribution in [1.82, 2.24) is 0 Å². The summed E-state index contributed by atoms with van der Waals surface area (Å²) in [6, 6.07) is 18.6. The molecule has 0 spiro atoms. The van der Waals surface area contributed by atoms with Crippen LogP contribution in [-0.4, -0.2) is 26.4 Å². The van der Waals surface area contributed by atoms with Crippen molar-refractivity contribution in [3.63, 3.8) is 0 Å². The van der Waals surface area contributed by atoms with E-state index in [1.165, 1.54) is 13.2 Å². The molecule has 0 aromatic heterocycles. The van der Waals surface area contributed by atoms with E-state index in [2.05, 4.69) is 0 Å². The van der Waals surface area contributed by atoms with Crippen molar-refractivity contribution in [2.24, 2.45) is 0 Å². The van der Waals surface area contributed by atoms with Crippen LogP contribution >= 0.6 is 11.6 Å². The van der Waals surface area contributed by atoms with Crippen LogP contribution in [0.25, 0.3) is 6.08 Å². The van der Waals surface area contributed by atoms with Gasteiger partial charge in [-0.1, -0.05) is 35.9 Å². The van der Waals surface area contributed by atoms with E-state index in [0.717, 1.165) is 23.2 Å². The number of carbonyl (C=O) groups excluding carboxylic acids is 1. The number of nitrogens with zero attached hydrogens (tertiary/aromatic N) is 2. The largest absolute Gasteiger partial charge is 0.493 e. The summed E-state index contributed by atoms with van der Waals surface area (Å²) in [5, 5.41) is 10.0. The fraction of sp³-hybridized carbons (Fsp3) is 0.185. The summed E-state index contributed by atoms with van der Waals surface area (Å²) in [5.74, 6) is 1.76. The zero-order valence-corrected chi connectivity index (χ0v) is 19.7. The molecule has 3 aromatic rings. The molecule has 0 aliphatic carbocycles. The van der Waals surface area contributed by atoms with Gasteiger partial charge in [0.2, 0.25) is 6.79 Å². The van der Waals surface area contributed by atoms with Gasteiger partial charge in [0.25, 0.3) is 5.91 Å². The van der Waals surface area contributed by atoms with Gasteiger partial charge in [-0.25, -0.2) is 0 Å². The average molecular weight is 489 g/mol. The summed E-state index contributed by atoms with van der Waals surface area (Å²) >= 11 is 6.52. The smallest absolute Gasteiger partial charge is 0.268 e. The van der Waals surface area contributed by atoms with Gasteiger partial charge in [0, 0.05) is 12.2 Å². The molecule has 0 bridgehead atoms. The lowest BCUT2D eigenvalue weighted by Gasteiger charge is -2.17. The van der Waals surface area contributed by atoms with E-state index < -0.39 is 0 Å². The number of carbonyl (C=O) groups is 1. The Balaban J connectivity index is 1.37. The first-order chi connectivity index (χ1) is 17.1. The number of ether oxygens (including phenoxy) is 4. The predicted molar refractivity (Wildman–Crippen MR) is 131 cm³/mol. The molecule has 0 fully saturated rings. The molecule has 5 rings (SSSR count). The van der Waals surface area contributed by atoms with E-state index in [1.54, 1.807) is 17.0 Å². The molecule has 0 N–H and O–H groups in total. The van der Waals surface area contributed by atoms with Crippen molar-refractivity contribution < 1.29 is 23.7 Å². The van der Waals surface area contributed by atoms with Crippen LogP contribution in [0.1, 0.15) is 16.7 Å². The van der Waals surface area contributed by atoms with Crippen molar-refractivity contribution in [1.29, 1.82) is 5.26 Å². The Kier molecular flexibility index (Phi) is 6.21. The third kappa shape index (κ3) is 4.48. The zero-order chi connectivity index (χ0) is 24.4. The third-order valence-electron chi connectivity index (χ3n) is 5.87. The number of hydrogen-bond acceptors (Lipinski definition) is 6. The van der Waals surface area contributed by atoms with Gasteiger partial charge in [-0.2, -0.15) is 5.26 Å². The number of rotatable bonds is 6. The third-order valence-corrected chi connectivity index (χ3v) is 6.15. The van der Waals surface area contributed by atoms with Crippen LogP contribution in [0.3, 0.4) is 0 Å². The first kappa shape index (κ1) is 22.6. The Bertz CT molecular complexity index is 1380. The second kappa shape index (κ2) is 9.61. The maximum absolute atomic E-state index is 13.1. The molecule has 0 atom stereocenters. The highest BCUT2D eigenvalue weighted by Crippen LogP contribution is 2.39. The van der Waals surface area contributed by atoms with Gasteiger partial charge in [-0.15, -0.1) is 0 Å². The Hall–Kier alpha value is -4.15. The average Bonchev–Trinajstić information content (AvgIpc) is 3.52. The van der Waals surface area contributed by atoms with Gasteiger partial charge < -0.3 is 23.8 Å². The number of para-hydroxylation sites is 1. The van der Waals surface area contributed by atoms with Gasteiger partial charge in [0.15, 0.2) is 23.0 Å². The zero-order valence-electron chi connectivity index (χ0n) is 18.9. The summed E-state index contributed by atoms with van der Waals surface area (Å²) in [4.78, 5) is 14.7. The van der Waals surface area contributed by atoms with Crippen LogP contribution in [0.2, 0.25) is 5.02 Å². The van der Waals surface area contributed by atoms with Gasteiger partial charge in [-0.3, -0.25) is 4.79 Å². The van der Waals surface area contributed by atoms with E-state index in [9.17, 15) is 10.1 Å². The van der Waals surface area contributed by atoms with Crippen molar-refractivity contribution in [2.45, 2.75) is 13.0 Å². The second-order valence-corrected chi connectivity index (χ2v) is 8.42. The minimum Gasteiger partial charge on any atom is -0.493 e. The van der Waals surface area contributed by atoms with Gasteiger partial charge >= 0.3 is 0 Å². The number of methoxy groups -OCH3 is 1. The summed E-state index contributed by atoms with van der Waals surface area (Å²) in [5.41, 5.74) is 3.36. The Morgan fingerprint density at radius 3 is 2.83 bits per heavy atom. The van der Waals surface area contributed by atoms with Crippen LogP contribution in [-0.2, 0) is 17.8 Å². The maximum atomic E-state index is 13.1. The van der Waals surface area contributed by atoms with E-state index in [-0.39, 0.29) is 24.9 Å².